The first kappa shape index (κ1) is 14.6. The summed E-state index contributed by atoms with van der Waals surface area (Å²) in [4.78, 5) is 13.6. The SMILES string of the molecule is CNC(=O)C1CN(CCS(C)(=O)=O)c2ccccc2O1. The highest BCUT2D eigenvalue weighted by Crippen LogP contribution is 2.32. The summed E-state index contributed by atoms with van der Waals surface area (Å²) in [5, 5.41) is 2.55. The van der Waals surface area contributed by atoms with Crippen molar-refractivity contribution in [1.29, 1.82) is 0 Å². The van der Waals surface area contributed by atoms with Gasteiger partial charge in [-0.05, 0) is 12.1 Å². The molecule has 2 rings (SSSR count). The molecule has 6 nitrogen and oxygen atoms in total. The normalized spacial score (nSPS) is 18.1. The number of carbonyl (C=O) groups is 1. The van der Waals surface area contributed by atoms with Crippen LogP contribution in [0.25, 0.3) is 0 Å². The van der Waals surface area contributed by atoms with Crippen LogP contribution < -0.4 is 15.0 Å². The fraction of sp³-hybridized carbons (Fsp3) is 0.462. The van der Waals surface area contributed by atoms with E-state index in [1.165, 1.54) is 6.26 Å². The van der Waals surface area contributed by atoms with Crippen LogP contribution in [0.5, 0.6) is 5.75 Å². The number of likely N-dealkylation sites (N-methyl/N-ethyl adjacent to an activating group) is 1. The van der Waals surface area contributed by atoms with E-state index in [0.29, 0.717) is 18.8 Å². The van der Waals surface area contributed by atoms with E-state index in [1.807, 2.05) is 23.1 Å². The van der Waals surface area contributed by atoms with E-state index < -0.39 is 15.9 Å². The second-order valence-corrected chi connectivity index (χ2v) is 7.02. The van der Waals surface area contributed by atoms with Crippen LogP contribution in [-0.2, 0) is 14.6 Å². The lowest BCUT2D eigenvalue weighted by atomic mass is 10.2. The second kappa shape index (κ2) is 5.70. The number of ether oxygens (including phenoxy) is 1. The van der Waals surface area contributed by atoms with Gasteiger partial charge in [-0.15, -0.1) is 0 Å². The number of anilines is 1. The Balaban J connectivity index is 2.23. The van der Waals surface area contributed by atoms with Crippen LogP contribution in [-0.4, -0.2) is 52.6 Å². The summed E-state index contributed by atoms with van der Waals surface area (Å²) >= 11 is 0. The topological polar surface area (TPSA) is 75.7 Å². The Morgan fingerprint density at radius 2 is 2.15 bits per heavy atom. The molecule has 0 aliphatic carbocycles. The molecule has 1 aliphatic rings. The first-order valence-corrected chi connectivity index (χ1v) is 8.37. The highest BCUT2D eigenvalue weighted by molar-refractivity contribution is 7.90. The molecule has 0 saturated carbocycles. The first-order valence-electron chi connectivity index (χ1n) is 6.30. The largest absolute Gasteiger partial charge is 0.477 e. The van der Waals surface area contributed by atoms with Gasteiger partial charge in [-0.25, -0.2) is 8.42 Å². The average molecular weight is 298 g/mol. The van der Waals surface area contributed by atoms with Gasteiger partial charge < -0.3 is 15.0 Å². The molecule has 1 aliphatic heterocycles. The molecule has 1 unspecified atom stereocenters. The number of rotatable bonds is 4. The van der Waals surface area contributed by atoms with E-state index in [2.05, 4.69) is 5.32 Å². The van der Waals surface area contributed by atoms with Crippen molar-refractivity contribution < 1.29 is 17.9 Å². The van der Waals surface area contributed by atoms with Crippen LogP contribution in [0.3, 0.4) is 0 Å². The number of sulfone groups is 1. The van der Waals surface area contributed by atoms with Gasteiger partial charge in [0.1, 0.15) is 15.6 Å². The quantitative estimate of drug-likeness (QED) is 0.850. The Bertz CT molecular complexity index is 600. The number of para-hydroxylation sites is 2. The number of fused-ring (bicyclic) bond motifs is 1. The Kier molecular flexibility index (Phi) is 4.17. The molecular formula is C13H18N2O4S. The highest BCUT2D eigenvalue weighted by atomic mass is 32.2. The summed E-state index contributed by atoms with van der Waals surface area (Å²) in [7, 11) is -1.50. The first-order chi connectivity index (χ1) is 9.40. The third kappa shape index (κ3) is 3.41. The molecule has 0 aromatic heterocycles. The number of nitrogens with zero attached hydrogens (tertiary/aromatic N) is 1. The molecule has 1 aromatic carbocycles. The molecule has 1 aromatic rings. The van der Waals surface area contributed by atoms with Crippen LogP contribution in [0.15, 0.2) is 24.3 Å². The van der Waals surface area contributed by atoms with Gasteiger partial charge in [0, 0.05) is 19.8 Å². The minimum absolute atomic E-state index is 0.0435. The van der Waals surface area contributed by atoms with E-state index in [1.54, 1.807) is 13.1 Å². The standard InChI is InChI=1S/C13H18N2O4S/c1-14-13(16)12-9-15(7-8-20(2,17)18)10-5-3-4-6-11(10)19-12/h3-6,12H,7-9H2,1-2H3,(H,14,16). The molecule has 0 fully saturated rings. The summed E-state index contributed by atoms with van der Waals surface area (Å²) in [6, 6.07) is 7.31. The molecule has 1 atom stereocenters. The number of benzene rings is 1. The molecule has 0 saturated heterocycles. The van der Waals surface area contributed by atoms with Crippen LogP contribution in [0.4, 0.5) is 5.69 Å². The molecule has 0 spiro atoms. The number of carbonyl (C=O) groups excluding carboxylic acids is 1. The Labute approximate surface area is 118 Å². The molecule has 7 heteroatoms. The van der Waals surface area contributed by atoms with E-state index in [4.69, 9.17) is 4.74 Å². The van der Waals surface area contributed by atoms with Crippen molar-refractivity contribution in [3.8, 4) is 5.75 Å². The summed E-state index contributed by atoms with van der Waals surface area (Å²) < 4.78 is 28.3. The predicted molar refractivity (Wildman–Crippen MR) is 76.8 cm³/mol. The zero-order chi connectivity index (χ0) is 14.8. The van der Waals surface area contributed by atoms with Crippen molar-refractivity contribution in [3.05, 3.63) is 24.3 Å². The van der Waals surface area contributed by atoms with E-state index in [9.17, 15) is 13.2 Å². The Morgan fingerprint density at radius 3 is 2.80 bits per heavy atom. The third-order valence-electron chi connectivity index (χ3n) is 3.13. The smallest absolute Gasteiger partial charge is 0.262 e. The monoisotopic (exact) mass is 298 g/mol. The van der Waals surface area contributed by atoms with E-state index in [-0.39, 0.29) is 11.7 Å². The second-order valence-electron chi connectivity index (χ2n) is 4.76. The van der Waals surface area contributed by atoms with Gasteiger partial charge in [-0.1, -0.05) is 12.1 Å². The summed E-state index contributed by atoms with van der Waals surface area (Å²) in [5.74, 6) is 0.423. The van der Waals surface area contributed by atoms with Crippen molar-refractivity contribution in [2.75, 3.05) is 37.0 Å². The molecule has 110 valence electrons. The van der Waals surface area contributed by atoms with Crippen LogP contribution in [0, 0.1) is 0 Å². The molecule has 0 bridgehead atoms. The molecule has 20 heavy (non-hydrogen) atoms. The zero-order valence-electron chi connectivity index (χ0n) is 11.5. The van der Waals surface area contributed by atoms with Crippen molar-refractivity contribution in [2.45, 2.75) is 6.10 Å². The molecular weight excluding hydrogens is 280 g/mol. The lowest BCUT2D eigenvalue weighted by molar-refractivity contribution is -0.127. The Morgan fingerprint density at radius 1 is 1.45 bits per heavy atom. The van der Waals surface area contributed by atoms with Crippen LogP contribution >= 0.6 is 0 Å². The fourth-order valence-corrected chi connectivity index (χ4v) is 2.64. The summed E-state index contributed by atoms with van der Waals surface area (Å²) in [6.45, 7) is 0.679. The lowest BCUT2D eigenvalue weighted by Crippen LogP contribution is -2.49. The lowest BCUT2D eigenvalue weighted by Gasteiger charge is -2.35. The number of hydrogen-bond donors (Lipinski definition) is 1. The maximum atomic E-state index is 11.7. The van der Waals surface area contributed by atoms with Crippen molar-refractivity contribution in [1.82, 2.24) is 5.32 Å². The van der Waals surface area contributed by atoms with Gasteiger partial charge in [-0.2, -0.15) is 0 Å². The molecule has 1 N–H and O–H groups in total. The Hall–Kier alpha value is -1.76. The van der Waals surface area contributed by atoms with E-state index in [0.717, 1.165) is 5.69 Å². The van der Waals surface area contributed by atoms with Crippen molar-refractivity contribution in [2.24, 2.45) is 0 Å². The maximum absolute atomic E-state index is 11.7. The van der Waals surface area contributed by atoms with Crippen molar-refractivity contribution in [3.63, 3.8) is 0 Å². The maximum Gasteiger partial charge on any atom is 0.262 e. The highest BCUT2D eigenvalue weighted by Gasteiger charge is 2.30. The van der Waals surface area contributed by atoms with Gasteiger partial charge in [0.2, 0.25) is 0 Å². The van der Waals surface area contributed by atoms with Crippen LogP contribution in [0.2, 0.25) is 0 Å². The van der Waals surface area contributed by atoms with Gasteiger partial charge in [-0.3, -0.25) is 4.79 Å². The van der Waals surface area contributed by atoms with Gasteiger partial charge in [0.15, 0.2) is 6.10 Å². The number of hydrogen-bond acceptors (Lipinski definition) is 5. The van der Waals surface area contributed by atoms with E-state index >= 15 is 0 Å². The minimum atomic E-state index is -3.05. The molecule has 0 radical (unpaired) electrons. The van der Waals surface area contributed by atoms with Crippen molar-refractivity contribution >= 4 is 21.4 Å². The predicted octanol–water partition coefficient (Wildman–Crippen LogP) is 0.0446. The minimum Gasteiger partial charge on any atom is -0.477 e. The third-order valence-corrected chi connectivity index (χ3v) is 4.06. The number of nitrogens with one attached hydrogen (secondary N) is 1. The zero-order valence-corrected chi connectivity index (χ0v) is 12.3. The van der Waals surface area contributed by atoms with Crippen LogP contribution in [0.1, 0.15) is 0 Å². The average Bonchev–Trinajstić information content (AvgIpc) is 2.42. The molecule has 1 heterocycles. The summed E-state index contributed by atoms with van der Waals surface area (Å²) in [5.41, 5.74) is 0.816. The van der Waals surface area contributed by atoms with Gasteiger partial charge in [0.25, 0.3) is 5.91 Å². The summed E-state index contributed by atoms with van der Waals surface area (Å²) in [6.07, 6.45) is 0.574. The van der Waals surface area contributed by atoms with Gasteiger partial charge in [0.05, 0.1) is 18.0 Å². The van der Waals surface area contributed by atoms with Gasteiger partial charge >= 0.3 is 0 Å². The molecule has 1 amide bonds. The number of amides is 1. The fourth-order valence-electron chi connectivity index (χ4n) is 2.09.